The van der Waals surface area contributed by atoms with Crippen LogP contribution in [0.25, 0.3) is 5.69 Å². The highest BCUT2D eigenvalue weighted by atomic mass is 16.5. The van der Waals surface area contributed by atoms with Gasteiger partial charge in [0.05, 0.1) is 18.5 Å². The molecule has 0 aliphatic heterocycles. The van der Waals surface area contributed by atoms with Crippen LogP contribution in [0.4, 0.5) is 0 Å². The summed E-state index contributed by atoms with van der Waals surface area (Å²) in [7, 11) is 0. The predicted molar refractivity (Wildman–Crippen MR) is 83.8 cm³/mol. The van der Waals surface area contributed by atoms with Gasteiger partial charge in [0, 0.05) is 24.0 Å². The first kappa shape index (κ1) is 14.1. The van der Waals surface area contributed by atoms with Crippen LogP contribution in [0.5, 0.6) is 5.88 Å². The normalized spacial score (nSPS) is 20.1. The van der Waals surface area contributed by atoms with E-state index in [0.717, 1.165) is 18.5 Å². The molecule has 1 aliphatic rings. The Kier molecular flexibility index (Phi) is 3.49. The van der Waals surface area contributed by atoms with Crippen molar-refractivity contribution < 1.29 is 4.74 Å². The number of fused-ring (bicyclic) bond motifs is 1. The average molecular weight is 285 g/mol. The molecule has 4 nitrogen and oxygen atoms in total. The molecule has 21 heavy (non-hydrogen) atoms. The average Bonchev–Trinajstić information content (AvgIpc) is 2.82. The maximum absolute atomic E-state index is 6.33. The van der Waals surface area contributed by atoms with E-state index in [-0.39, 0.29) is 11.5 Å². The number of ether oxygens (including phenoxy) is 1. The number of nitrogens with two attached hydrogens (primary N) is 1. The van der Waals surface area contributed by atoms with Gasteiger partial charge in [-0.3, -0.25) is 0 Å². The van der Waals surface area contributed by atoms with Gasteiger partial charge >= 0.3 is 0 Å². The molecule has 2 aromatic rings. The molecule has 1 aliphatic carbocycles. The lowest BCUT2D eigenvalue weighted by atomic mass is 9.74. The third kappa shape index (κ3) is 2.68. The van der Waals surface area contributed by atoms with E-state index in [1.807, 2.05) is 25.3 Å². The molecule has 2 aromatic heterocycles. The molecule has 0 saturated heterocycles. The summed E-state index contributed by atoms with van der Waals surface area (Å²) in [6, 6.07) is 6.23. The minimum Gasteiger partial charge on any atom is -0.478 e. The molecular formula is C17H23N3O. The summed E-state index contributed by atoms with van der Waals surface area (Å²) in [5.74, 6) is 0.666. The Labute approximate surface area is 125 Å². The van der Waals surface area contributed by atoms with E-state index < -0.39 is 0 Å². The SMILES string of the molecule is CCOc1ccc(-n2ccc3c2CC(C)(C)CC3N)cn1. The maximum Gasteiger partial charge on any atom is 0.213 e. The third-order valence-electron chi connectivity index (χ3n) is 4.14. The van der Waals surface area contributed by atoms with Gasteiger partial charge in [-0.05, 0) is 42.9 Å². The van der Waals surface area contributed by atoms with Crippen molar-refractivity contribution in [1.29, 1.82) is 0 Å². The highest BCUT2D eigenvalue weighted by Gasteiger charge is 2.32. The minimum absolute atomic E-state index is 0.126. The zero-order chi connectivity index (χ0) is 15.0. The Morgan fingerprint density at radius 1 is 1.38 bits per heavy atom. The van der Waals surface area contributed by atoms with Crippen LogP contribution in [0.15, 0.2) is 30.6 Å². The summed E-state index contributed by atoms with van der Waals surface area (Å²) in [6.07, 6.45) is 6.03. The minimum atomic E-state index is 0.126. The summed E-state index contributed by atoms with van der Waals surface area (Å²) in [4.78, 5) is 4.35. The highest BCUT2D eigenvalue weighted by Crippen LogP contribution is 2.40. The van der Waals surface area contributed by atoms with Crippen molar-refractivity contribution in [2.75, 3.05) is 6.61 Å². The predicted octanol–water partition coefficient (Wildman–Crippen LogP) is 3.24. The molecular weight excluding hydrogens is 262 g/mol. The van der Waals surface area contributed by atoms with E-state index in [9.17, 15) is 0 Å². The monoisotopic (exact) mass is 285 g/mol. The first-order valence-corrected chi connectivity index (χ1v) is 7.55. The van der Waals surface area contributed by atoms with Crippen molar-refractivity contribution >= 4 is 0 Å². The lowest BCUT2D eigenvalue weighted by Gasteiger charge is -2.34. The van der Waals surface area contributed by atoms with Gasteiger partial charge in [0.15, 0.2) is 0 Å². The van der Waals surface area contributed by atoms with Crippen LogP contribution in [0.1, 0.15) is 44.5 Å². The Morgan fingerprint density at radius 3 is 2.86 bits per heavy atom. The Bertz CT molecular complexity index is 628. The fourth-order valence-corrected chi connectivity index (χ4v) is 3.23. The number of hydrogen-bond donors (Lipinski definition) is 1. The number of rotatable bonds is 3. The molecule has 0 saturated carbocycles. The molecule has 2 N–H and O–H groups in total. The summed E-state index contributed by atoms with van der Waals surface area (Å²) >= 11 is 0. The fourth-order valence-electron chi connectivity index (χ4n) is 3.23. The standard InChI is InChI=1S/C17H23N3O/c1-4-21-16-6-5-12(11-19-16)20-8-7-13-14(18)9-17(2,3)10-15(13)20/h5-8,11,14H,4,9-10,18H2,1-3H3. The van der Waals surface area contributed by atoms with Gasteiger partial charge in [0.25, 0.3) is 0 Å². The van der Waals surface area contributed by atoms with Crippen LogP contribution in [0.3, 0.4) is 0 Å². The number of pyridine rings is 1. The highest BCUT2D eigenvalue weighted by molar-refractivity contribution is 5.40. The van der Waals surface area contributed by atoms with E-state index >= 15 is 0 Å². The van der Waals surface area contributed by atoms with Crippen LogP contribution < -0.4 is 10.5 Å². The van der Waals surface area contributed by atoms with E-state index in [1.165, 1.54) is 11.3 Å². The van der Waals surface area contributed by atoms with Crippen LogP contribution in [0.2, 0.25) is 0 Å². The molecule has 1 unspecified atom stereocenters. The van der Waals surface area contributed by atoms with E-state index in [2.05, 4.69) is 35.7 Å². The summed E-state index contributed by atoms with van der Waals surface area (Å²) in [6.45, 7) is 7.16. The second kappa shape index (κ2) is 5.19. The zero-order valence-electron chi connectivity index (χ0n) is 13.0. The van der Waals surface area contributed by atoms with Gasteiger partial charge in [0.2, 0.25) is 5.88 Å². The molecule has 0 fully saturated rings. The van der Waals surface area contributed by atoms with Crippen LogP contribution in [-0.4, -0.2) is 16.2 Å². The second-order valence-electron chi connectivity index (χ2n) is 6.53. The van der Waals surface area contributed by atoms with Crippen LogP contribution in [0, 0.1) is 5.41 Å². The summed E-state index contributed by atoms with van der Waals surface area (Å²) < 4.78 is 7.61. The summed E-state index contributed by atoms with van der Waals surface area (Å²) in [5, 5.41) is 0. The van der Waals surface area contributed by atoms with Crippen LogP contribution in [-0.2, 0) is 6.42 Å². The van der Waals surface area contributed by atoms with Gasteiger partial charge in [-0.2, -0.15) is 0 Å². The number of aromatic nitrogens is 2. The molecule has 3 rings (SSSR count). The van der Waals surface area contributed by atoms with Gasteiger partial charge in [-0.15, -0.1) is 0 Å². The Balaban J connectivity index is 1.97. The molecule has 0 radical (unpaired) electrons. The van der Waals surface area contributed by atoms with Crippen molar-refractivity contribution in [3.63, 3.8) is 0 Å². The number of nitrogens with zero attached hydrogens (tertiary/aromatic N) is 2. The van der Waals surface area contributed by atoms with Crippen LogP contribution >= 0.6 is 0 Å². The molecule has 0 bridgehead atoms. The molecule has 0 aromatic carbocycles. The van der Waals surface area contributed by atoms with Gasteiger partial charge < -0.3 is 15.0 Å². The lowest BCUT2D eigenvalue weighted by Crippen LogP contribution is -2.30. The number of hydrogen-bond acceptors (Lipinski definition) is 3. The molecule has 1 atom stereocenters. The first-order valence-electron chi connectivity index (χ1n) is 7.55. The van der Waals surface area contributed by atoms with Crippen molar-refractivity contribution in [3.05, 3.63) is 41.9 Å². The third-order valence-corrected chi connectivity index (χ3v) is 4.14. The van der Waals surface area contributed by atoms with E-state index in [0.29, 0.717) is 12.5 Å². The van der Waals surface area contributed by atoms with E-state index in [4.69, 9.17) is 10.5 Å². The van der Waals surface area contributed by atoms with E-state index in [1.54, 1.807) is 0 Å². The molecule has 0 spiro atoms. The lowest BCUT2D eigenvalue weighted by molar-refractivity contribution is 0.278. The summed E-state index contributed by atoms with van der Waals surface area (Å²) in [5.41, 5.74) is 10.2. The Hall–Kier alpha value is -1.81. The fraction of sp³-hybridized carbons (Fsp3) is 0.471. The maximum atomic E-state index is 6.33. The van der Waals surface area contributed by atoms with Gasteiger partial charge in [-0.1, -0.05) is 13.8 Å². The van der Waals surface area contributed by atoms with Gasteiger partial charge in [0.1, 0.15) is 0 Å². The van der Waals surface area contributed by atoms with Crippen molar-refractivity contribution in [2.45, 2.75) is 39.7 Å². The molecule has 112 valence electrons. The molecule has 4 heteroatoms. The van der Waals surface area contributed by atoms with Gasteiger partial charge in [-0.25, -0.2) is 4.98 Å². The van der Waals surface area contributed by atoms with Crippen molar-refractivity contribution in [1.82, 2.24) is 9.55 Å². The van der Waals surface area contributed by atoms with Crippen molar-refractivity contribution in [3.8, 4) is 11.6 Å². The van der Waals surface area contributed by atoms with Crippen molar-refractivity contribution in [2.24, 2.45) is 11.1 Å². The second-order valence-corrected chi connectivity index (χ2v) is 6.53. The largest absolute Gasteiger partial charge is 0.478 e. The molecule has 2 heterocycles. The topological polar surface area (TPSA) is 53.1 Å². The molecule has 0 amide bonds. The Morgan fingerprint density at radius 2 is 2.19 bits per heavy atom. The smallest absolute Gasteiger partial charge is 0.213 e. The quantitative estimate of drug-likeness (QED) is 0.942. The zero-order valence-corrected chi connectivity index (χ0v) is 13.0. The first-order chi connectivity index (χ1) is 10.00.